The van der Waals surface area contributed by atoms with Crippen molar-refractivity contribution >= 4 is 34.2 Å². The molecule has 0 saturated carbocycles. The van der Waals surface area contributed by atoms with Gasteiger partial charge in [0.05, 0.1) is 0 Å². The Bertz CT molecular complexity index is 1530. The average molecular weight is 532 g/mol. The number of H-pyrrole nitrogens is 1. The molecule has 4 aromatic rings. The van der Waals surface area contributed by atoms with Crippen LogP contribution in [0, 0.1) is 12.7 Å². The first-order valence-corrected chi connectivity index (χ1v) is 12.6. The van der Waals surface area contributed by atoms with E-state index in [0.717, 1.165) is 18.8 Å². The third-order valence-corrected chi connectivity index (χ3v) is 6.66. The zero-order valence-electron chi connectivity index (χ0n) is 22.3. The zero-order valence-corrected chi connectivity index (χ0v) is 22.3. The number of carbonyl (C=O) groups excluding carboxylic acids is 2. The highest BCUT2D eigenvalue weighted by Crippen LogP contribution is 2.34. The number of hydrogen-bond donors (Lipinski definition) is 2. The first-order valence-electron chi connectivity index (χ1n) is 12.6. The normalized spacial score (nSPS) is 13.9. The molecular weight excluding hydrogens is 501 g/mol. The van der Waals surface area contributed by atoms with Gasteiger partial charge in [0.1, 0.15) is 11.9 Å². The van der Waals surface area contributed by atoms with Crippen LogP contribution in [0.1, 0.15) is 26.4 Å². The minimum absolute atomic E-state index is 0.0209. The van der Waals surface area contributed by atoms with Gasteiger partial charge in [-0.05, 0) is 56.4 Å². The predicted octanol–water partition coefficient (Wildman–Crippen LogP) is 4.03. The predicted molar refractivity (Wildman–Crippen MR) is 146 cm³/mol. The first kappa shape index (κ1) is 26.1. The van der Waals surface area contributed by atoms with E-state index in [0.29, 0.717) is 35.2 Å². The van der Waals surface area contributed by atoms with Gasteiger partial charge in [-0.25, -0.2) is 14.4 Å². The number of carbonyl (C=O) groups is 2. The molecule has 2 aromatic heterocycles. The molecule has 10 nitrogen and oxygen atoms in total. The number of likely N-dealkylation sites (N-methyl/N-ethyl adjacent to an activating group) is 1. The van der Waals surface area contributed by atoms with E-state index >= 15 is 4.39 Å². The number of anilines is 2. The summed E-state index contributed by atoms with van der Waals surface area (Å²) in [6.45, 7) is 4.90. The van der Waals surface area contributed by atoms with Crippen molar-refractivity contribution in [3.63, 3.8) is 0 Å². The molecule has 1 saturated heterocycles. The number of nitrogens with one attached hydrogen (secondary N) is 2. The van der Waals surface area contributed by atoms with Crippen LogP contribution in [0.5, 0.6) is 11.6 Å². The summed E-state index contributed by atoms with van der Waals surface area (Å²) in [5, 5.41) is 3.50. The molecule has 0 unspecified atom stereocenters. The van der Waals surface area contributed by atoms with Gasteiger partial charge in [-0.1, -0.05) is 0 Å². The van der Waals surface area contributed by atoms with Gasteiger partial charge in [-0.2, -0.15) is 0 Å². The molecule has 11 heteroatoms. The fraction of sp³-hybridized carbons (Fsp3) is 0.286. The molecule has 1 aliphatic heterocycles. The van der Waals surface area contributed by atoms with Gasteiger partial charge >= 0.3 is 0 Å². The van der Waals surface area contributed by atoms with Crippen molar-refractivity contribution in [3.8, 4) is 11.6 Å². The summed E-state index contributed by atoms with van der Waals surface area (Å²) in [4.78, 5) is 43.0. The van der Waals surface area contributed by atoms with E-state index in [-0.39, 0.29) is 28.9 Å². The molecule has 3 heterocycles. The third kappa shape index (κ3) is 5.39. The Kier molecular flexibility index (Phi) is 7.16. The summed E-state index contributed by atoms with van der Waals surface area (Å²) in [5.41, 5.74) is 2.69. The number of hydrogen-bond acceptors (Lipinski definition) is 7. The highest BCUT2D eigenvalue weighted by atomic mass is 19.1. The fourth-order valence-electron chi connectivity index (χ4n) is 4.45. The van der Waals surface area contributed by atoms with Gasteiger partial charge in [0.15, 0.2) is 17.4 Å². The lowest BCUT2D eigenvalue weighted by Crippen LogP contribution is -2.47. The average Bonchev–Trinajstić information content (AvgIpc) is 3.31. The van der Waals surface area contributed by atoms with E-state index in [9.17, 15) is 9.59 Å². The Morgan fingerprint density at radius 2 is 1.77 bits per heavy atom. The molecular formula is C28H30FN7O3. The topological polar surface area (TPSA) is 107 Å². The van der Waals surface area contributed by atoms with E-state index < -0.39 is 11.7 Å². The Morgan fingerprint density at radius 1 is 1.05 bits per heavy atom. The molecule has 1 aliphatic rings. The lowest BCUT2D eigenvalue weighted by molar-refractivity contribution is 0.0664. The van der Waals surface area contributed by atoms with Crippen molar-refractivity contribution in [2.45, 2.75) is 6.92 Å². The molecule has 1 fully saturated rings. The van der Waals surface area contributed by atoms with Crippen LogP contribution in [0.25, 0.3) is 10.9 Å². The SMILES string of the molecule is Cc1cc2c(F)c(Oc3ncnc(Nc4ccc(C(=O)N5CCN(C)CC5)cc4)c3C(=O)N(C)C)ccc2[nH]1. The molecule has 202 valence electrons. The van der Waals surface area contributed by atoms with Crippen molar-refractivity contribution in [2.24, 2.45) is 0 Å². The summed E-state index contributed by atoms with van der Waals surface area (Å²) in [6, 6.07) is 11.9. The van der Waals surface area contributed by atoms with Crippen LogP contribution < -0.4 is 10.1 Å². The molecule has 0 aliphatic carbocycles. The largest absolute Gasteiger partial charge is 0.435 e. The lowest BCUT2D eigenvalue weighted by atomic mass is 10.1. The molecule has 0 bridgehead atoms. The second-order valence-electron chi connectivity index (χ2n) is 9.79. The second kappa shape index (κ2) is 10.7. The Hall–Kier alpha value is -4.51. The summed E-state index contributed by atoms with van der Waals surface area (Å²) >= 11 is 0. The second-order valence-corrected chi connectivity index (χ2v) is 9.79. The molecule has 2 N–H and O–H groups in total. The highest BCUT2D eigenvalue weighted by Gasteiger charge is 2.25. The number of rotatable bonds is 6. The molecule has 2 amide bonds. The van der Waals surface area contributed by atoms with Gasteiger partial charge in [-0.3, -0.25) is 9.59 Å². The minimum atomic E-state index is -0.561. The number of amides is 2. The van der Waals surface area contributed by atoms with Gasteiger partial charge in [0, 0.05) is 68.1 Å². The summed E-state index contributed by atoms with van der Waals surface area (Å²) in [7, 11) is 5.23. The summed E-state index contributed by atoms with van der Waals surface area (Å²) in [5.74, 6) is -0.963. The van der Waals surface area contributed by atoms with Gasteiger partial charge in [0.2, 0.25) is 5.88 Å². The molecule has 5 rings (SSSR count). The highest BCUT2D eigenvalue weighted by molar-refractivity contribution is 6.01. The monoisotopic (exact) mass is 531 g/mol. The summed E-state index contributed by atoms with van der Waals surface area (Å²) < 4.78 is 21.1. The number of aryl methyl sites for hydroxylation is 1. The van der Waals surface area contributed by atoms with Crippen LogP contribution in [-0.2, 0) is 0 Å². The number of fused-ring (bicyclic) bond motifs is 1. The quantitative estimate of drug-likeness (QED) is 0.387. The number of nitrogens with zero attached hydrogens (tertiary/aromatic N) is 5. The van der Waals surface area contributed by atoms with Crippen molar-refractivity contribution in [1.29, 1.82) is 0 Å². The van der Waals surface area contributed by atoms with E-state index in [2.05, 4.69) is 25.2 Å². The number of piperazine rings is 1. The van der Waals surface area contributed by atoms with Crippen LogP contribution in [0.4, 0.5) is 15.9 Å². The van der Waals surface area contributed by atoms with E-state index in [1.807, 2.05) is 18.9 Å². The molecule has 0 spiro atoms. The van der Waals surface area contributed by atoms with E-state index in [1.165, 1.54) is 17.3 Å². The lowest BCUT2D eigenvalue weighted by Gasteiger charge is -2.32. The van der Waals surface area contributed by atoms with Crippen LogP contribution in [-0.4, -0.2) is 88.8 Å². The van der Waals surface area contributed by atoms with Gasteiger partial charge < -0.3 is 29.7 Å². The Labute approximate surface area is 225 Å². The maximum atomic E-state index is 15.2. The zero-order chi connectivity index (χ0) is 27.7. The Balaban J connectivity index is 1.42. The maximum absolute atomic E-state index is 15.2. The first-order chi connectivity index (χ1) is 18.7. The van der Waals surface area contributed by atoms with Crippen LogP contribution in [0.2, 0.25) is 0 Å². The van der Waals surface area contributed by atoms with Crippen molar-refractivity contribution < 1.29 is 18.7 Å². The van der Waals surface area contributed by atoms with Crippen LogP contribution >= 0.6 is 0 Å². The van der Waals surface area contributed by atoms with Crippen LogP contribution in [0.3, 0.4) is 0 Å². The van der Waals surface area contributed by atoms with E-state index in [1.54, 1.807) is 50.5 Å². The molecule has 2 aromatic carbocycles. The van der Waals surface area contributed by atoms with Gasteiger partial charge in [0.25, 0.3) is 11.8 Å². The molecule has 39 heavy (non-hydrogen) atoms. The maximum Gasteiger partial charge on any atom is 0.262 e. The Morgan fingerprint density at radius 3 is 2.46 bits per heavy atom. The number of benzene rings is 2. The summed E-state index contributed by atoms with van der Waals surface area (Å²) in [6.07, 6.45) is 1.24. The molecule has 0 radical (unpaired) electrons. The van der Waals surface area contributed by atoms with Crippen LogP contribution in [0.15, 0.2) is 48.8 Å². The van der Waals surface area contributed by atoms with E-state index in [4.69, 9.17) is 4.74 Å². The van der Waals surface area contributed by atoms with Gasteiger partial charge in [-0.15, -0.1) is 0 Å². The number of ether oxygens (including phenoxy) is 1. The van der Waals surface area contributed by atoms with Crippen molar-refractivity contribution in [2.75, 3.05) is 52.6 Å². The smallest absolute Gasteiger partial charge is 0.262 e. The van der Waals surface area contributed by atoms with Crippen molar-refractivity contribution in [3.05, 3.63) is 71.4 Å². The van der Waals surface area contributed by atoms with Crippen molar-refractivity contribution in [1.82, 2.24) is 29.7 Å². The number of aromatic amines is 1. The molecule has 0 atom stereocenters. The number of aromatic nitrogens is 3. The standard InChI is InChI=1S/C28H30FN7O3/c1-17-15-20-21(32-17)9-10-22(24(20)29)39-26-23(28(38)34(2)3)25(30-16-31-26)33-19-7-5-18(6-8-19)27(37)36-13-11-35(4)12-14-36/h5-10,15-16,32H,11-14H2,1-4H3,(H,30,31,33). The number of halogens is 1. The fourth-order valence-corrected chi connectivity index (χ4v) is 4.45. The minimum Gasteiger partial charge on any atom is -0.435 e. The third-order valence-electron chi connectivity index (χ3n) is 6.66.